The standard InChI is InChI=1S/C16H21NO4/c18-14-10-11-15(19)17(14)12-6-9-16(20)21-13-7-4-2-1-3-5-8-13/h1-2,10-11,13H,3-9,12H2/b2-1+/t13-/m1/s1. The van der Waals surface area contributed by atoms with E-state index in [2.05, 4.69) is 12.2 Å². The minimum absolute atomic E-state index is 0.000771. The third kappa shape index (κ3) is 4.85. The Bertz CT molecular complexity index is 449. The van der Waals surface area contributed by atoms with Gasteiger partial charge in [0.25, 0.3) is 11.8 Å². The summed E-state index contributed by atoms with van der Waals surface area (Å²) in [5, 5.41) is 0. The highest BCUT2D eigenvalue weighted by Gasteiger charge is 2.23. The number of hydrogen-bond donors (Lipinski definition) is 0. The largest absolute Gasteiger partial charge is 0.462 e. The van der Waals surface area contributed by atoms with Crippen molar-refractivity contribution in [3.05, 3.63) is 24.3 Å². The second kappa shape index (κ2) is 7.76. The second-order valence-electron chi connectivity index (χ2n) is 5.36. The van der Waals surface area contributed by atoms with Crippen molar-refractivity contribution in [3.63, 3.8) is 0 Å². The monoisotopic (exact) mass is 291 g/mol. The van der Waals surface area contributed by atoms with Gasteiger partial charge in [-0.05, 0) is 38.5 Å². The van der Waals surface area contributed by atoms with Gasteiger partial charge in [-0.3, -0.25) is 19.3 Å². The first-order valence-electron chi connectivity index (χ1n) is 7.55. The number of ether oxygens (including phenoxy) is 1. The maximum atomic E-state index is 11.8. The van der Waals surface area contributed by atoms with Crippen LogP contribution in [0.25, 0.3) is 0 Å². The number of nitrogens with zero attached hydrogens (tertiary/aromatic N) is 1. The number of carbonyl (C=O) groups excluding carboxylic acids is 3. The quantitative estimate of drug-likeness (QED) is 0.442. The molecule has 5 nitrogen and oxygen atoms in total. The van der Waals surface area contributed by atoms with Crippen LogP contribution in [0.5, 0.6) is 0 Å². The van der Waals surface area contributed by atoms with Gasteiger partial charge in [-0.1, -0.05) is 12.2 Å². The summed E-state index contributed by atoms with van der Waals surface area (Å²) < 4.78 is 5.47. The van der Waals surface area contributed by atoms with Gasteiger partial charge in [0.05, 0.1) is 0 Å². The van der Waals surface area contributed by atoms with E-state index in [1.54, 1.807) is 0 Å². The smallest absolute Gasteiger partial charge is 0.306 e. The van der Waals surface area contributed by atoms with Gasteiger partial charge in [0.1, 0.15) is 6.10 Å². The highest BCUT2D eigenvalue weighted by Crippen LogP contribution is 2.16. The van der Waals surface area contributed by atoms with Crippen LogP contribution in [0.4, 0.5) is 0 Å². The van der Waals surface area contributed by atoms with E-state index >= 15 is 0 Å². The summed E-state index contributed by atoms with van der Waals surface area (Å²) in [6.45, 7) is 0.271. The van der Waals surface area contributed by atoms with Crippen LogP contribution in [0.15, 0.2) is 24.3 Å². The molecule has 1 aliphatic heterocycles. The molecule has 2 rings (SSSR count). The van der Waals surface area contributed by atoms with Crippen LogP contribution >= 0.6 is 0 Å². The first-order valence-corrected chi connectivity index (χ1v) is 7.55. The van der Waals surface area contributed by atoms with Crippen LogP contribution in [0, 0.1) is 0 Å². The van der Waals surface area contributed by atoms with Crippen LogP contribution < -0.4 is 0 Å². The Balaban J connectivity index is 1.66. The molecule has 5 heteroatoms. The summed E-state index contributed by atoms with van der Waals surface area (Å²) in [6, 6.07) is 0. The molecule has 0 N–H and O–H groups in total. The fraction of sp³-hybridized carbons (Fsp3) is 0.562. The molecular weight excluding hydrogens is 270 g/mol. The molecule has 0 radical (unpaired) electrons. The lowest BCUT2D eigenvalue weighted by Crippen LogP contribution is -2.31. The van der Waals surface area contributed by atoms with Crippen molar-refractivity contribution in [1.82, 2.24) is 4.90 Å². The number of allylic oxidation sites excluding steroid dienone is 2. The average Bonchev–Trinajstić information content (AvgIpc) is 2.73. The first-order chi connectivity index (χ1) is 10.2. The molecule has 0 aromatic rings. The third-order valence-electron chi connectivity index (χ3n) is 3.68. The fourth-order valence-electron chi connectivity index (χ4n) is 2.52. The van der Waals surface area contributed by atoms with E-state index in [9.17, 15) is 14.4 Å². The van der Waals surface area contributed by atoms with E-state index in [1.807, 2.05) is 0 Å². The van der Waals surface area contributed by atoms with Gasteiger partial charge >= 0.3 is 5.97 Å². The Morgan fingerprint density at radius 2 is 1.86 bits per heavy atom. The SMILES string of the molecule is O=C(CCCN1C(=O)C=CC1=O)O[C@@H]1CC/C=C/CCC1. The summed E-state index contributed by atoms with van der Waals surface area (Å²) in [4.78, 5) is 35.6. The van der Waals surface area contributed by atoms with Crippen molar-refractivity contribution in [2.24, 2.45) is 0 Å². The van der Waals surface area contributed by atoms with Gasteiger partial charge in [-0.15, -0.1) is 0 Å². The van der Waals surface area contributed by atoms with E-state index in [4.69, 9.17) is 4.74 Å². The molecule has 1 aliphatic carbocycles. The molecule has 0 saturated carbocycles. The van der Waals surface area contributed by atoms with Crippen molar-refractivity contribution < 1.29 is 19.1 Å². The van der Waals surface area contributed by atoms with Gasteiger partial charge in [0.15, 0.2) is 0 Å². The zero-order valence-corrected chi connectivity index (χ0v) is 12.1. The van der Waals surface area contributed by atoms with Crippen molar-refractivity contribution in [3.8, 4) is 0 Å². The highest BCUT2D eigenvalue weighted by molar-refractivity contribution is 6.12. The van der Waals surface area contributed by atoms with Crippen LogP contribution in [0.3, 0.4) is 0 Å². The maximum Gasteiger partial charge on any atom is 0.306 e. The third-order valence-corrected chi connectivity index (χ3v) is 3.68. The number of hydrogen-bond acceptors (Lipinski definition) is 4. The molecule has 2 aliphatic rings. The molecule has 21 heavy (non-hydrogen) atoms. The van der Waals surface area contributed by atoms with E-state index in [0.717, 1.165) is 37.0 Å². The van der Waals surface area contributed by atoms with Crippen molar-refractivity contribution in [2.45, 2.75) is 51.0 Å². The summed E-state index contributed by atoms with van der Waals surface area (Å²) in [6.07, 6.45) is 12.3. The zero-order chi connectivity index (χ0) is 15.1. The van der Waals surface area contributed by atoms with Gasteiger partial charge in [-0.25, -0.2) is 0 Å². The number of carbonyl (C=O) groups is 3. The Morgan fingerprint density at radius 3 is 2.62 bits per heavy atom. The molecule has 1 heterocycles. The average molecular weight is 291 g/mol. The molecule has 0 fully saturated rings. The summed E-state index contributed by atoms with van der Waals surface area (Å²) in [7, 11) is 0. The lowest BCUT2D eigenvalue weighted by Gasteiger charge is -2.19. The molecule has 0 saturated heterocycles. The zero-order valence-electron chi connectivity index (χ0n) is 12.1. The normalized spacial score (nSPS) is 23.8. The van der Waals surface area contributed by atoms with Gasteiger partial charge < -0.3 is 4.74 Å². The molecule has 0 aromatic carbocycles. The number of rotatable bonds is 5. The van der Waals surface area contributed by atoms with Crippen LogP contribution in [0.1, 0.15) is 44.9 Å². The van der Waals surface area contributed by atoms with E-state index in [-0.39, 0.29) is 36.9 Å². The number of esters is 1. The van der Waals surface area contributed by atoms with Crippen molar-refractivity contribution in [2.75, 3.05) is 6.54 Å². The molecular formula is C16H21NO4. The lowest BCUT2D eigenvalue weighted by atomic mass is 10.0. The molecule has 0 bridgehead atoms. The molecule has 1 atom stereocenters. The van der Waals surface area contributed by atoms with E-state index in [1.165, 1.54) is 12.2 Å². The Hall–Kier alpha value is -1.91. The molecule has 0 spiro atoms. The van der Waals surface area contributed by atoms with Gasteiger partial charge in [-0.2, -0.15) is 0 Å². The maximum absolute atomic E-state index is 11.8. The predicted molar refractivity (Wildman–Crippen MR) is 77.2 cm³/mol. The van der Waals surface area contributed by atoms with Crippen LogP contribution in [0.2, 0.25) is 0 Å². The van der Waals surface area contributed by atoms with E-state index in [0.29, 0.717) is 6.42 Å². The predicted octanol–water partition coefficient (Wildman–Crippen LogP) is 2.12. The molecule has 0 aromatic heterocycles. The van der Waals surface area contributed by atoms with Crippen LogP contribution in [-0.4, -0.2) is 35.3 Å². The topological polar surface area (TPSA) is 63.7 Å². The van der Waals surface area contributed by atoms with Crippen molar-refractivity contribution in [1.29, 1.82) is 0 Å². The van der Waals surface area contributed by atoms with Gasteiger partial charge in [0.2, 0.25) is 0 Å². The Kier molecular flexibility index (Phi) is 5.72. The second-order valence-corrected chi connectivity index (χ2v) is 5.36. The summed E-state index contributed by atoms with van der Waals surface area (Å²) in [5.74, 6) is -0.850. The van der Waals surface area contributed by atoms with E-state index < -0.39 is 0 Å². The summed E-state index contributed by atoms with van der Waals surface area (Å²) in [5.41, 5.74) is 0. The number of amides is 2. The number of imide groups is 1. The molecule has 114 valence electrons. The van der Waals surface area contributed by atoms with Crippen molar-refractivity contribution >= 4 is 17.8 Å². The minimum Gasteiger partial charge on any atom is -0.462 e. The lowest BCUT2D eigenvalue weighted by molar-refractivity contribution is -0.150. The van der Waals surface area contributed by atoms with Gasteiger partial charge in [0, 0.05) is 25.1 Å². The highest BCUT2D eigenvalue weighted by atomic mass is 16.5. The Morgan fingerprint density at radius 1 is 1.14 bits per heavy atom. The fourth-order valence-corrected chi connectivity index (χ4v) is 2.52. The minimum atomic E-state index is -0.305. The summed E-state index contributed by atoms with van der Waals surface area (Å²) >= 11 is 0. The van der Waals surface area contributed by atoms with Crippen LogP contribution in [-0.2, 0) is 19.1 Å². The Labute approximate surface area is 124 Å². The molecule has 2 amide bonds. The molecule has 0 unspecified atom stereocenters. The first kappa shape index (κ1) is 15.5.